The third-order valence-electron chi connectivity index (χ3n) is 4.00. The number of nitrogens with zero attached hydrogens (tertiary/aromatic N) is 1. The van der Waals surface area contributed by atoms with Gasteiger partial charge in [0.25, 0.3) is 5.91 Å². The highest BCUT2D eigenvalue weighted by atomic mass is 32.2. The van der Waals surface area contributed by atoms with E-state index in [2.05, 4.69) is 10.0 Å². The van der Waals surface area contributed by atoms with Gasteiger partial charge < -0.3 is 14.6 Å². The van der Waals surface area contributed by atoms with Crippen LogP contribution in [0.5, 0.6) is 0 Å². The van der Waals surface area contributed by atoms with Crippen LogP contribution in [0, 0.1) is 0 Å². The molecule has 134 valence electrons. The predicted molar refractivity (Wildman–Crippen MR) is 92.8 cm³/mol. The van der Waals surface area contributed by atoms with E-state index in [1.807, 2.05) is 29.1 Å². The molecular weight excluding hydrogens is 342 g/mol. The number of hydrogen-bond donors (Lipinski definition) is 2. The molecule has 0 radical (unpaired) electrons. The van der Waals surface area contributed by atoms with E-state index in [0.717, 1.165) is 0 Å². The quantitative estimate of drug-likeness (QED) is 0.768. The van der Waals surface area contributed by atoms with Crippen molar-refractivity contribution in [3.63, 3.8) is 0 Å². The Morgan fingerprint density at radius 2 is 1.92 bits per heavy atom. The summed E-state index contributed by atoms with van der Waals surface area (Å²) in [7, 11) is -3.60. The lowest BCUT2D eigenvalue weighted by Gasteiger charge is -2.12. The fourth-order valence-corrected chi connectivity index (χ4v) is 3.88. The molecule has 3 rings (SSSR count). The van der Waals surface area contributed by atoms with Crippen LogP contribution in [-0.2, 0) is 21.3 Å². The first-order valence-electron chi connectivity index (χ1n) is 8.14. The van der Waals surface area contributed by atoms with Crippen molar-refractivity contribution in [3.05, 3.63) is 54.4 Å². The highest BCUT2D eigenvalue weighted by molar-refractivity contribution is 7.89. The second-order valence-corrected chi connectivity index (χ2v) is 7.60. The van der Waals surface area contributed by atoms with Crippen LogP contribution < -0.4 is 10.0 Å². The van der Waals surface area contributed by atoms with E-state index in [9.17, 15) is 13.2 Å². The summed E-state index contributed by atoms with van der Waals surface area (Å²) in [5.41, 5.74) is 0.427. The molecule has 25 heavy (non-hydrogen) atoms. The largest absolute Gasteiger partial charge is 0.380 e. The number of benzene rings is 1. The van der Waals surface area contributed by atoms with E-state index in [-0.39, 0.29) is 16.8 Å². The third kappa shape index (κ3) is 4.68. The van der Waals surface area contributed by atoms with Gasteiger partial charge in [-0.25, -0.2) is 13.1 Å². The summed E-state index contributed by atoms with van der Waals surface area (Å²) in [4.78, 5) is 12.3. The zero-order chi connectivity index (χ0) is 17.7. The van der Waals surface area contributed by atoms with E-state index in [0.29, 0.717) is 38.3 Å². The molecule has 1 fully saturated rings. The lowest BCUT2D eigenvalue weighted by molar-refractivity contribution is 0.0952. The van der Waals surface area contributed by atoms with Crippen molar-refractivity contribution in [1.29, 1.82) is 0 Å². The lowest BCUT2D eigenvalue weighted by atomic mass is 10.2. The van der Waals surface area contributed by atoms with Crippen LogP contribution in [0.2, 0.25) is 0 Å². The number of sulfonamides is 1. The molecular formula is C17H21N3O4S. The molecule has 1 aromatic heterocycles. The number of aromatic nitrogens is 1. The first kappa shape index (κ1) is 17.7. The van der Waals surface area contributed by atoms with E-state index < -0.39 is 10.0 Å². The Hall–Kier alpha value is -2.16. The number of rotatable bonds is 7. The van der Waals surface area contributed by atoms with Crippen LogP contribution in [0.25, 0.3) is 0 Å². The second kappa shape index (κ2) is 7.81. The maximum absolute atomic E-state index is 12.3. The molecule has 2 heterocycles. The normalized spacial score (nSPS) is 17.5. The number of carbonyl (C=O) groups excluding carboxylic acids is 1. The van der Waals surface area contributed by atoms with Crippen molar-refractivity contribution in [2.75, 3.05) is 19.8 Å². The van der Waals surface area contributed by atoms with Crippen molar-refractivity contribution >= 4 is 15.9 Å². The van der Waals surface area contributed by atoms with Crippen molar-refractivity contribution in [1.82, 2.24) is 14.6 Å². The summed E-state index contributed by atoms with van der Waals surface area (Å²) in [6.45, 7) is 2.13. The summed E-state index contributed by atoms with van der Waals surface area (Å²) in [6.07, 6.45) is 4.52. The van der Waals surface area contributed by atoms with Gasteiger partial charge in [0.1, 0.15) is 0 Å². The van der Waals surface area contributed by atoms with Gasteiger partial charge in [0.05, 0.1) is 11.5 Å². The first-order valence-corrected chi connectivity index (χ1v) is 9.62. The van der Waals surface area contributed by atoms with E-state index in [4.69, 9.17) is 4.74 Å². The minimum atomic E-state index is -3.60. The maximum Gasteiger partial charge on any atom is 0.251 e. The topological polar surface area (TPSA) is 89.4 Å². The van der Waals surface area contributed by atoms with Gasteiger partial charge in [-0.2, -0.15) is 0 Å². The zero-order valence-electron chi connectivity index (χ0n) is 13.7. The Bertz CT molecular complexity index is 795. The molecule has 8 heteroatoms. The Kier molecular flexibility index (Phi) is 5.52. The van der Waals surface area contributed by atoms with E-state index in [1.54, 1.807) is 0 Å². The first-order chi connectivity index (χ1) is 12.0. The molecule has 0 aliphatic carbocycles. The number of ether oxygens (including phenoxy) is 1. The molecule has 0 saturated carbocycles. The van der Waals surface area contributed by atoms with Gasteiger partial charge in [0.2, 0.25) is 10.0 Å². The molecule has 1 aliphatic rings. The summed E-state index contributed by atoms with van der Waals surface area (Å²) < 4.78 is 34.4. The number of hydrogen-bond acceptors (Lipinski definition) is 4. The lowest BCUT2D eigenvalue weighted by Crippen LogP contribution is -2.35. The fraction of sp³-hybridized carbons (Fsp3) is 0.353. The van der Waals surface area contributed by atoms with Crippen molar-refractivity contribution < 1.29 is 17.9 Å². The maximum atomic E-state index is 12.3. The Labute approximate surface area is 147 Å². The second-order valence-electron chi connectivity index (χ2n) is 5.88. The van der Waals surface area contributed by atoms with Crippen LogP contribution in [0.1, 0.15) is 16.8 Å². The Balaban J connectivity index is 1.56. The van der Waals surface area contributed by atoms with Crippen LogP contribution >= 0.6 is 0 Å². The van der Waals surface area contributed by atoms with Crippen LogP contribution in [0.15, 0.2) is 53.7 Å². The standard InChI is InChI=1S/C17H21N3O4S/c21-17(18-8-11-20-9-1-2-10-20)14-3-5-16(6-4-14)25(22,23)19-15-7-12-24-13-15/h1-6,9-10,15,19H,7-8,11-13H2,(H,18,21)/t15-/m0/s1. The third-order valence-corrected chi connectivity index (χ3v) is 5.54. The number of nitrogens with one attached hydrogen (secondary N) is 2. The molecule has 1 atom stereocenters. The molecule has 1 saturated heterocycles. The minimum Gasteiger partial charge on any atom is -0.380 e. The SMILES string of the molecule is O=C(NCCn1cccc1)c1ccc(S(=O)(=O)N[C@H]2CCOC2)cc1. The summed E-state index contributed by atoms with van der Waals surface area (Å²) >= 11 is 0. The molecule has 0 bridgehead atoms. The molecule has 2 aromatic rings. The molecule has 7 nitrogen and oxygen atoms in total. The monoisotopic (exact) mass is 363 g/mol. The van der Waals surface area contributed by atoms with Gasteiger partial charge in [-0.15, -0.1) is 0 Å². The summed E-state index contributed by atoms with van der Waals surface area (Å²) in [5, 5.41) is 2.81. The van der Waals surface area contributed by atoms with Crippen molar-refractivity contribution in [2.24, 2.45) is 0 Å². The van der Waals surface area contributed by atoms with E-state index >= 15 is 0 Å². The van der Waals surface area contributed by atoms with Crippen LogP contribution in [-0.4, -0.2) is 44.7 Å². The van der Waals surface area contributed by atoms with Crippen molar-refractivity contribution in [3.8, 4) is 0 Å². The smallest absolute Gasteiger partial charge is 0.251 e. The zero-order valence-corrected chi connectivity index (χ0v) is 14.5. The van der Waals surface area contributed by atoms with Crippen LogP contribution in [0.3, 0.4) is 0 Å². The predicted octanol–water partition coefficient (Wildman–Crippen LogP) is 0.985. The highest BCUT2D eigenvalue weighted by Gasteiger charge is 2.23. The molecule has 1 aromatic carbocycles. The molecule has 0 unspecified atom stereocenters. The molecule has 1 aliphatic heterocycles. The highest BCUT2D eigenvalue weighted by Crippen LogP contribution is 2.13. The van der Waals surface area contributed by atoms with Gasteiger partial charge in [-0.3, -0.25) is 4.79 Å². The van der Waals surface area contributed by atoms with Gasteiger partial charge in [0, 0.05) is 43.7 Å². The number of amides is 1. The fourth-order valence-electron chi connectivity index (χ4n) is 2.62. The number of carbonyl (C=O) groups is 1. The minimum absolute atomic E-state index is 0.142. The van der Waals surface area contributed by atoms with Gasteiger partial charge in [-0.1, -0.05) is 0 Å². The van der Waals surface area contributed by atoms with Gasteiger partial charge in [0.15, 0.2) is 0 Å². The van der Waals surface area contributed by atoms with Crippen molar-refractivity contribution in [2.45, 2.75) is 23.9 Å². The van der Waals surface area contributed by atoms with Crippen LogP contribution in [0.4, 0.5) is 0 Å². The van der Waals surface area contributed by atoms with Gasteiger partial charge in [-0.05, 0) is 42.8 Å². The summed E-state index contributed by atoms with van der Waals surface area (Å²) in [5.74, 6) is -0.228. The van der Waals surface area contributed by atoms with E-state index in [1.165, 1.54) is 24.3 Å². The van der Waals surface area contributed by atoms with Gasteiger partial charge >= 0.3 is 0 Å². The Morgan fingerprint density at radius 1 is 1.20 bits per heavy atom. The summed E-state index contributed by atoms with van der Waals surface area (Å²) in [6, 6.07) is 9.58. The average Bonchev–Trinajstić information content (AvgIpc) is 3.28. The Morgan fingerprint density at radius 3 is 2.56 bits per heavy atom. The average molecular weight is 363 g/mol. The molecule has 2 N–H and O–H groups in total. The molecule has 1 amide bonds. The molecule has 0 spiro atoms.